The van der Waals surface area contributed by atoms with Crippen LogP contribution < -0.4 is 10.2 Å². The number of hydrogen-bond acceptors (Lipinski definition) is 6. The Balaban J connectivity index is 1.76. The van der Waals surface area contributed by atoms with Crippen LogP contribution in [0.2, 0.25) is 5.02 Å². The Morgan fingerprint density at radius 3 is 2.19 bits per heavy atom. The minimum Gasteiger partial charge on any atom is -0.497 e. The Bertz CT molecular complexity index is 998. The SMILES string of the molecule is COc1ccc(-c2cc(-c3ccc(Cl)cc3)nc(SCCCCCC(=O)NO)n2)cc1. The molecular weight excluding hydrogens is 434 g/mol. The smallest absolute Gasteiger partial charge is 0.243 e. The van der Waals surface area contributed by atoms with Gasteiger partial charge in [0.2, 0.25) is 5.91 Å². The van der Waals surface area contributed by atoms with Crippen molar-refractivity contribution >= 4 is 29.3 Å². The Morgan fingerprint density at radius 1 is 1.00 bits per heavy atom. The fraction of sp³-hybridized carbons (Fsp3) is 0.261. The summed E-state index contributed by atoms with van der Waals surface area (Å²) in [5, 5.41) is 9.91. The molecule has 31 heavy (non-hydrogen) atoms. The minimum absolute atomic E-state index is 0.325. The highest BCUT2D eigenvalue weighted by Gasteiger charge is 2.10. The van der Waals surface area contributed by atoms with E-state index in [1.807, 2.05) is 54.6 Å². The highest BCUT2D eigenvalue weighted by atomic mass is 35.5. The molecule has 6 nitrogen and oxygen atoms in total. The lowest BCUT2D eigenvalue weighted by Crippen LogP contribution is -2.17. The third-order valence-electron chi connectivity index (χ3n) is 4.64. The average Bonchev–Trinajstić information content (AvgIpc) is 2.81. The molecule has 1 heterocycles. The largest absolute Gasteiger partial charge is 0.497 e. The Hall–Kier alpha value is -2.61. The third kappa shape index (κ3) is 6.95. The van der Waals surface area contributed by atoms with Crippen molar-refractivity contribution in [2.24, 2.45) is 0 Å². The number of unbranched alkanes of at least 4 members (excludes halogenated alkanes) is 2. The van der Waals surface area contributed by atoms with Crippen LogP contribution in [0.25, 0.3) is 22.5 Å². The number of halogens is 1. The summed E-state index contributed by atoms with van der Waals surface area (Å²) < 4.78 is 5.25. The van der Waals surface area contributed by atoms with E-state index in [2.05, 4.69) is 0 Å². The van der Waals surface area contributed by atoms with Crippen molar-refractivity contribution in [1.29, 1.82) is 0 Å². The highest BCUT2D eigenvalue weighted by Crippen LogP contribution is 2.29. The molecule has 0 atom stereocenters. The van der Waals surface area contributed by atoms with E-state index in [1.165, 1.54) is 0 Å². The lowest BCUT2D eigenvalue weighted by Gasteiger charge is -2.09. The van der Waals surface area contributed by atoms with Crippen LogP contribution in [0.15, 0.2) is 59.8 Å². The number of thioether (sulfide) groups is 1. The normalized spacial score (nSPS) is 10.7. The number of benzene rings is 2. The first-order valence-electron chi connectivity index (χ1n) is 9.94. The van der Waals surface area contributed by atoms with Crippen LogP contribution in [0.4, 0.5) is 0 Å². The van der Waals surface area contributed by atoms with E-state index in [1.54, 1.807) is 24.4 Å². The Kier molecular flexibility index (Phi) is 8.70. The molecule has 0 radical (unpaired) electrons. The molecule has 0 saturated carbocycles. The summed E-state index contributed by atoms with van der Waals surface area (Å²) >= 11 is 7.63. The second-order valence-electron chi connectivity index (χ2n) is 6.85. The van der Waals surface area contributed by atoms with Crippen LogP contribution in [-0.2, 0) is 4.79 Å². The van der Waals surface area contributed by atoms with Crippen molar-refractivity contribution in [2.75, 3.05) is 12.9 Å². The highest BCUT2D eigenvalue weighted by molar-refractivity contribution is 7.99. The molecule has 1 aromatic heterocycles. The van der Waals surface area contributed by atoms with E-state index >= 15 is 0 Å². The molecule has 0 unspecified atom stereocenters. The first-order chi connectivity index (χ1) is 15.1. The van der Waals surface area contributed by atoms with Gasteiger partial charge in [-0.2, -0.15) is 0 Å². The van der Waals surface area contributed by atoms with Gasteiger partial charge in [0.15, 0.2) is 5.16 Å². The average molecular weight is 458 g/mol. The minimum atomic E-state index is -0.351. The van der Waals surface area contributed by atoms with Crippen molar-refractivity contribution in [3.63, 3.8) is 0 Å². The van der Waals surface area contributed by atoms with Gasteiger partial charge < -0.3 is 4.74 Å². The fourth-order valence-corrected chi connectivity index (χ4v) is 3.93. The second-order valence-corrected chi connectivity index (χ2v) is 8.35. The quantitative estimate of drug-likeness (QED) is 0.135. The van der Waals surface area contributed by atoms with Crippen molar-refractivity contribution in [2.45, 2.75) is 30.8 Å². The molecule has 0 fully saturated rings. The van der Waals surface area contributed by atoms with Gasteiger partial charge in [0.25, 0.3) is 0 Å². The van der Waals surface area contributed by atoms with E-state index < -0.39 is 0 Å². The summed E-state index contributed by atoms with van der Waals surface area (Å²) in [6.45, 7) is 0. The number of amides is 1. The van der Waals surface area contributed by atoms with Gasteiger partial charge in [-0.15, -0.1) is 0 Å². The van der Waals surface area contributed by atoms with Crippen LogP contribution in [0.3, 0.4) is 0 Å². The van der Waals surface area contributed by atoms with Gasteiger partial charge in [-0.3, -0.25) is 10.0 Å². The second kappa shape index (κ2) is 11.7. The van der Waals surface area contributed by atoms with Gasteiger partial charge in [0, 0.05) is 28.3 Å². The number of carbonyl (C=O) groups excluding carboxylic acids is 1. The monoisotopic (exact) mass is 457 g/mol. The molecule has 2 N–H and O–H groups in total. The predicted molar refractivity (Wildman–Crippen MR) is 124 cm³/mol. The first-order valence-corrected chi connectivity index (χ1v) is 11.3. The number of methoxy groups -OCH3 is 1. The van der Waals surface area contributed by atoms with Crippen LogP contribution in [0.5, 0.6) is 5.75 Å². The van der Waals surface area contributed by atoms with E-state index in [4.69, 9.17) is 31.5 Å². The molecule has 0 aliphatic carbocycles. The number of hydrogen-bond donors (Lipinski definition) is 2. The summed E-state index contributed by atoms with van der Waals surface area (Å²) in [4.78, 5) is 20.6. The zero-order valence-electron chi connectivity index (χ0n) is 17.2. The molecule has 0 spiro atoms. The number of nitrogens with zero attached hydrogens (tertiary/aromatic N) is 2. The molecule has 3 aromatic rings. The van der Waals surface area contributed by atoms with Crippen LogP contribution in [0.1, 0.15) is 25.7 Å². The maximum atomic E-state index is 11.1. The van der Waals surface area contributed by atoms with Gasteiger partial charge >= 0.3 is 0 Å². The molecule has 0 aliphatic heterocycles. The summed E-state index contributed by atoms with van der Waals surface area (Å²) in [6.07, 6.45) is 2.87. The number of ether oxygens (including phenoxy) is 1. The van der Waals surface area contributed by atoms with Gasteiger partial charge in [-0.25, -0.2) is 15.4 Å². The van der Waals surface area contributed by atoms with Crippen LogP contribution in [-0.4, -0.2) is 33.9 Å². The summed E-state index contributed by atoms with van der Waals surface area (Å²) in [5.41, 5.74) is 5.28. The molecule has 0 bridgehead atoms. The van der Waals surface area contributed by atoms with E-state index in [-0.39, 0.29) is 5.91 Å². The van der Waals surface area contributed by atoms with Gasteiger partial charge in [0.1, 0.15) is 5.75 Å². The van der Waals surface area contributed by atoms with Crippen molar-refractivity contribution in [3.05, 3.63) is 59.6 Å². The van der Waals surface area contributed by atoms with Gasteiger partial charge in [-0.05, 0) is 55.3 Å². The number of rotatable bonds is 10. The molecule has 1 amide bonds. The van der Waals surface area contributed by atoms with Crippen molar-refractivity contribution in [1.82, 2.24) is 15.4 Å². The van der Waals surface area contributed by atoms with E-state index in [0.717, 1.165) is 53.3 Å². The topological polar surface area (TPSA) is 84.3 Å². The van der Waals surface area contributed by atoms with Crippen molar-refractivity contribution < 1.29 is 14.7 Å². The fourth-order valence-electron chi connectivity index (χ4n) is 2.95. The molecule has 8 heteroatoms. The number of nitrogens with one attached hydrogen (secondary N) is 1. The van der Waals surface area contributed by atoms with Crippen molar-refractivity contribution in [3.8, 4) is 28.3 Å². The maximum absolute atomic E-state index is 11.1. The Morgan fingerprint density at radius 2 is 1.61 bits per heavy atom. The van der Waals surface area contributed by atoms with Gasteiger partial charge in [-0.1, -0.05) is 41.9 Å². The zero-order chi connectivity index (χ0) is 22.1. The van der Waals surface area contributed by atoms with Crippen LogP contribution in [0, 0.1) is 0 Å². The number of aromatic nitrogens is 2. The molecule has 2 aromatic carbocycles. The molecule has 162 valence electrons. The molecule has 0 aliphatic rings. The standard InChI is InChI=1S/C23H24ClN3O3S/c1-30-19-12-8-17(9-13-19)21-15-20(16-6-10-18(24)11-7-16)25-23(26-21)31-14-4-2-3-5-22(28)27-29/h6-13,15,29H,2-5,14H2,1H3,(H,27,28). The number of carbonyl (C=O) groups is 1. The van der Waals surface area contributed by atoms with Gasteiger partial charge in [0.05, 0.1) is 18.5 Å². The lowest BCUT2D eigenvalue weighted by atomic mass is 10.1. The Labute approximate surface area is 191 Å². The lowest BCUT2D eigenvalue weighted by molar-refractivity contribution is -0.129. The summed E-state index contributed by atoms with van der Waals surface area (Å²) in [6, 6.07) is 17.3. The summed E-state index contributed by atoms with van der Waals surface area (Å²) in [5.74, 6) is 1.28. The maximum Gasteiger partial charge on any atom is 0.243 e. The summed E-state index contributed by atoms with van der Waals surface area (Å²) in [7, 11) is 1.64. The molecule has 0 saturated heterocycles. The third-order valence-corrected chi connectivity index (χ3v) is 5.82. The zero-order valence-corrected chi connectivity index (χ0v) is 18.7. The molecular formula is C23H24ClN3O3S. The van der Waals surface area contributed by atoms with E-state index in [0.29, 0.717) is 16.6 Å². The van der Waals surface area contributed by atoms with E-state index in [9.17, 15) is 4.79 Å². The van der Waals surface area contributed by atoms with Crippen LogP contribution >= 0.6 is 23.4 Å². The number of hydroxylamine groups is 1. The molecule has 3 rings (SSSR count). The predicted octanol–water partition coefficient (Wildman–Crippen LogP) is 5.63. The first kappa shape index (κ1) is 23.1.